The van der Waals surface area contributed by atoms with Crippen molar-refractivity contribution in [2.45, 2.75) is 44.5 Å². The molecule has 14 heteroatoms. The monoisotopic (exact) mass is 702 g/mol. The number of nitrogens with one attached hydrogen (secondary N) is 2. The first-order valence-corrected chi connectivity index (χ1v) is 16.8. The molecule has 5 aromatic rings. The second kappa shape index (κ2) is 13.2. The molecule has 0 bridgehead atoms. The van der Waals surface area contributed by atoms with Crippen LogP contribution in [0.4, 0.5) is 0 Å². The average Bonchev–Trinajstić information content (AvgIpc) is 3.69. The topological polar surface area (TPSA) is 139 Å². The molecule has 6 heterocycles. The van der Waals surface area contributed by atoms with Gasteiger partial charge in [0, 0.05) is 85.9 Å². The van der Waals surface area contributed by atoms with E-state index in [1.54, 1.807) is 50.1 Å². The van der Waals surface area contributed by atoms with Gasteiger partial charge in [0.1, 0.15) is 11.3 Å². The maximum absolute atomic E-state index is 13.3. The molecule has 4 aromatic heterocycles. The number of halogens is 2. The fourth-order valence-electron chi connectivity index (χ4n) is 6.60. The van der Waals surface area contributed by atoms with Crippen molar-refractivity contribution in [1.29, 1.82) is 0 Å². The molecule has 0 spiro atoms. The van der Waals surface area contributed by atoms with Gasteiger partial charge in [0.15, 0.2) is 0 Å². The first-order chi connectivity index (χ1) is 23.5. The Bertz CT molecular complexity index is 2140. The Hall–Kier alpha value is -4.33. The van der Waals surface area contributed by atoms with E-state index in [-0.39, 0.29) is 17.5 Å². The summed E-state index contributed by atoms with van der Waals surface area (Å²) < 4.78 is 8.73. The predicted octanol–water partition coefficient (Wildman–Crippen LogP) is 4.07. The number of carbonyl (C=O) groups excluding carboxylic acids is 1. The lowest BCUT2D eigenvalue weighted by Gasteiger charge is -2.44. The van der Waals surface area contributed by atoms with E-state index in [0.717, 1.165) is 12.0 Å². The highest BCUT2D eigenvalue weighted by atomic mass is 35.5. The Kier molecular flexibility index (Phi) is 8.92. The number of fused-ring (bicyclic) bond motifs is 1. The molecule has 254 valence electrons. The van der Waals surface area contributed by atoms with E-state index in [1.807, 2.05) is 35.2 Å². The van der Waals surface area contributed by atoms with Crippen molar-refractivity contribution in [3.05, 3.63) is 86.6 Å². The Morgan fingerprint density at radius 2 is 1.88 bits per heavy atom. The van der Waals surface area contributed by atoms with Crippen LogP contribution in [-0.2, 0) is 24.9 Å². The summed E-state index contributed by atoms with van der Waals surface area (Å²) in [5.41, 5.74) is 4.20. The summed E-state index contributed by atoms with van der Waals surface area (Å²) in [6.07, 6.45) is 4.80. The van der Waals surface area contributed by atoms with Crippen molar-refractivity contribution < 1.29 is 14.6 Å². The van der Waals surface area contributed by atoms with E-state index >= 15 is 0 Å². The SMILES string of the molecule is COc1nc(-c2cccc(-c3ccnc(-c4cc5c(=O)n(C)c(CN6CC(C)(O)C6)nn5c4)c3Cl)c2Cl)ccc1CNCC1CCC(=O)N1. The Morgan fingerprint density at radius 1 is 1.10 bits per heavy atom. The number of likely N-dealkylation sites (tertiary alicyclic amines) is 1. The highest BCUT2D eigenvalue weighted by molar-refractivity contribution is 6.39. The van der Waals surface area contributed by atoms with Crippen LogP contribution in [0, 0.1) is 0 Å². The highest BCUT2D eigenvalue weighted by Gasteiger charge is 2.37. The van der Waals surface area contributed by atoms with Gasteiger partial charge in [-0.1, -0.05) is 47.5 Å². The zero-order valence-electron chi connectivity index (χ0n) is 27.3. The third kappa shape index (κ3) is 6.54. The number of rotatable bonds is 10. The molecule has 0 saturated carbocycles. The summed E-state index contributed by atoms with van der Waals surface area (Å²) in [7, 11) is 3.28. The van der Waals surface area contributed by atoms with Gasteiger partial charge in [-0.15, -0.1) is 0 Å². The van der Waals surface area contributed by atoms with Gasteiger partial charge in [-0.05, 0) is 31.5 Å². The molecule has 1 unspecified atom stereocenters. The van der Waals surface area contributed by atoms with Gasteiger partial charge in [0.25, 0.3) is 5.56 Å². The van der Waals surface area contributed by atoms with Gasteiger partial charge < -0.3 is 20.5 Å². The maximum Gasteiger partial charge on any atom is 0.277 e. The van der Waals surface area contributed by atoms with Crippen LogP contribution in [0.3, 0.4) is 0 Å². The Balaban J connectivity index is 1.16. The Labute approximate surface area is 292 Å². The van der Waals surface area contributed by atoms with Crippen molar-refractivity contribution in [2.75, 3.05) is 26.7 Å². The predicted molar refractivity (Wildman–Crippen MR) is 188 cm³/mol. The molecule has 0 aliphatic carbocycles. The third-order valence-electron chi connectivity index (χ3n) is 9.08. The van der Waals surface area contributed by atoms with E-state index in [1.165, 1.54) is 4.57 Å². The number of hydrogen-bond acceptors (Lipinski definition) is 9. The molecule has 1 atom stereocenters. The molecule has 2 aliphatic rings. The first-order valence-electron chi connectivity index (χ1n) is 16.0. The van der Waals surface area contributed by atoms with Gasteiger partial charge in [0.2, 0.25) is 11.8 Å². The molecule has 1 aromatic carbocycles. The number of β-amino-alcohol motifs (C(OH)–C–C–N with tert-alkyl or cyclic N) is 1. The van der Waals surface area contributed by atoms with Crippen molar-refractivity contribution in [1.82, 2.24) is 39.7 Å². The average molecular weight is 704 g/mol. The summed E-state index contributed by atoms with van der Waals surface area (Å²) in [4.78, 5) is 36.2. The Morgan fingerprint density at radius 3 is 2.61 bits per heavy atom. The zero-order valence-corrected chi connectivity index (χ0v) is 28.8. The van der Waals surface area contributed by atoms with E-state index in [0.29, 0.717) is 100 Å². The summed E-state index contributed by atoms with van der Waals surface area (Å²) in [6.45, 7) is 4.46. The van der Waals surface area contributed by atoms with Crippen molar-refractivity contribution in [2.24, 2.45) is 7.05 Å². The second-order valence-corrected chi connectivity index (χ2v) is 13.7. The molecule has 2 aliphatic heterocycles. The van der Waals surface area contributed by atoms with Crippen LogP contribution in [0.5, 0.6) is 5.88 Å². The van der Waals surface area contributed by atoms with Gasteiger partial charge in [-0.25, -0.2) is 9.50 Å². The first kappa shape index (κ1) is 33.2. The number of hydrogen-bond donors (Lipinski definition) is 3. The number of methoxy groups -OCH3 is 1. The van der Waals surface area contributed by atoms with Crippen LogP contribution in [-0.4, -0.2) is 78.4 Å². The summed E-state index contributed by atoms with van der Waals surface area (Å²) in [5, 5.41) is 22.0. The van der Waals surface area contributed by atoms with Gasteiger partial charge >= 0.3 is 0 Å². The van der Waals surface area contributed by atoms with Crippen LogP contribution in [0.15, 0.2) is 59.7 Å². The lowest BCUT2D eigenvalue weighted by Crippen LogP contribution is -2.59. The zero-order chi connectivity index (χ0) is 34.4. The van der Waals surface area contributed by atoms with E-state index in [4.69, 9.17) is 38.0 Å². The van der Waals surface area contributed by atoms with Gasteiger partial charge in [-0.3, -0.25) is 24.0 Å². The van der Waals surface area contributed by atoms with Crippen molar-refractivity contribution in [3.8, 4) is 39.5 Å². The minimum atomic E-state index is -0.720. The van der Waals surface area contributed by atoms with Crippen molar-refractivity contribution >= 4 is 34.6 Å². The lowest BCUT2D eigenvalue weighted by molar-refractivity contribution is -0.119. The highest BCUT2D eigenvalue weighted by Crippen LogP contribution is 2.41. The second-order valence-electron chi connectivity index (χ2n) is 13.0. The number of aliphatic hydroxyl groups is 1. The fourth-order valence-corrected chi connectivity index (χ4v) is 7.25. The van der Waals surface area contributed by atoms with E-state index < -0.39 is 5.60 Å². The number of carbonyl (C=O) groups is 1. The van der Waals surface area contributed by atoms with Gasteiger partial charge in [-0.2, -0.15) is 5.10 Å². The van der Waals surface area contributed by atoms with Crippen LogP contribution < -0.4 is 20.9 Å². The van der Waals surface area contributed by atoms with Crippen LogP contribution in [0.2, 0.25) is 10.0 Å². The molecular formula is C35H36Cl2N8O4. The molecular weight excluding hydrogens is 667 g/mol. The number of ether oxygens (including phenoxy) is 1. The quantitative estimate of drug-likeness (QED) is 0.197. The third-order valence-corrected chi connectivity index (χ3v) is 9.87. The summed E-state index contributed by atoms with van der Waals surface area (Å²) in [5.74, 6) is 1.15. The molecule has 49 heavy (non-hydrogen) atoms. The summed E-state index contributed by atoms with van der Waals surface area (Å²) >= 11 is 14.1. The maximum atomic E-state index is 13.3. The standard InChI is InChI=1S/C35H36Cl2N8O4/c1-35(48)18-44(19-35)17-28-42-45-16-21(13-27(45)34(47)43(28)2)32-31(37)24(11-12-39-32)23-5-4-6-25(30(23)36)26-9-7-20(33(41-26)49-3)14-38-15-22-8-10-29(46)40-22/h4-7,9,11-13,16,22,38,48H,8,10,14-15,17-19H2,1-3H3,(H,40,46). The van der Waals surface area contributed by atoms with E-state index in [9.17, 15) is 14.7 Å². The number of nitrogens with zero attached hydrogens (tertiary/aromatic N) is 6. The molecule has 1 amide bonds. The molecule has 12 nitrogen and oxygen atoms in total. The number of amides is 1. The number of pyridine rings is 2. The van der Waals surface area contributed by atoms with E-state index in [2.05, 4.69) is 15.6 Å². The number of benzene rings is 1. The fraction of sp³-hybridized carbons (Fsp3) is 0.343. The lowest BCUT2D eigenvalue weighted by atomic mass is 9.97. The minimum Gasteiger partial charge on any atom is -0.481 e. The molecule has 3 N–H and O–H groups in total. The minimum absolute atomic E-state index is 0.0890. The smallest absolute Gasteiger partial charge is 0.277 e. The largest absolute Gasteiger partial charge is 0.481 e. The molecule has 2 fully saturated rings. The van der Waals surface area contributed by atoms with Crippen LogP contribution >= 0.6 is 23.2 Å². The molecule has 7 rings (SSSR count). The molecule has 2 saturated heterocycles. The van der Waals surface area contributed by atoms with Crippen LogP contribution in [0.1, 0.15) is 31.2 Å². The molecule has 0 radical (unpaired) electrons. The normalized spacial score (nSPS) is 17.3. The summed E-state index contributed by atoms with van der Waals surface area (Å²) in [6, 6.07) is 13.2. The van der Waals surface area contributed by atoms with Gasteiger partial charge in [0.05, 0.1) is 40.7 Å². The van der Waals surface area contributed by atoms with Crippen molar-refractivity contribution in [3.63, 3.8) is 0 Å². The number of aromatic nitrogens is 5. The van der Waals surface area contributed by atoms with Crippen LogP contribution in [0.25, 0.3) is 39.2 Å².